The second-order valence-electron chi connectivity index (χ2n) is 4.23. The highest BCUT2D eigenvalue weighted by atomic mass is 79.9. The van der Waals surface area contributed by atoms with Crippen molar-refractivity contribution in [3.63, 3.8) is 0 Å². The number of amides is 1. The summed E-state index contributed by atoms with van der Waals surface area (Å²) in [7, 11) is 0. The first kappa shape index (κ1) is 16.1. The zero-order chi connectivity index (χ0) is 16.1. The van der Waals surface area contributed by atoms with Gasteiger partial charge in [-0.3, -0.25) is 4.79 Å². The van der Waals surface area contributed by atoms with E-state index in [1.165, 1.54) is 18.2 Å². The van der Waals surface area contributed by atoms with Gasteiger partial charge in [0, 0.05) is 4.47 Å². The Morgan fingerprint density at radius 1 is 1.05 bits per heavy atom. The molecule has 22 heavy (non-hydrogen) atoms. The van der Waals surface area contributed by atoms with Crippen molar-refractivity contribution in [3.05, 3.63) is 64.1 Å². The number of rotatable bonds is 4. The van der Waals surface area contributed by atoms with Crippen LogP contribution in [0.4, 0.5) is 14.5 Å². The third-order valence-electron chi connectivity index (χ3n) is 2.64. The van der Waals surface area contributed by atoms with E-state index in [9.17, 15) is 18.4 Å². The molecule has 2 aromatic rings. The Balaban J connectivity index is 1.93. The van der Waals surface area contributed by atoms with E-state index in [1.54, 1.807) is 12.1 Å². The second kappa shape index (κ2) is 7.13. The maximum atomic E-state index is 13.3. The molecular weight excluding hydrogens is 360 g/mol. The Kier molecular flexibility index (Phi) is 5.21. The van der Waals surface area contributed by atoms with Crippen LogP contribution in [0.5, 0.6) is 0 Å². The normalized spacial score (nSPS) is 10.1. The van der Waals surface area contributed by atoms with Gasteiger partial charge in [-0.1, -0.05) is 22.0 Å². The van der Waals surface area contributed by atoms with Gasteiger partial charge in [0.2, 0.25) is 0 Å². The van der Waals surface area contributed by atoms with Crippen LogP contribution in [0.25, 0.3) is 0 Å². The molecule has 0 saturated heterocycles. The number of halogens is 3. The minimum absolute atomic E-state index is 0.257. The van der Waals surface area contributed by atoms with Crippen molar-refractivity contribution in [2.24, 2.45) is 0 Å². The SMILES string of the molecule is O=C(COC(=O)c1ccc(Br)cc1)Nc1c(F)cccc1F. The summed E-state index contributed by atoms with van der Waals surface area (Å²) in [6.07, 6.45) is 0. The lowest BCUT2D eigenvalue weighted by Crippen LogP contribution is -2.22. The second-order valence-corrected chi connectivity index (χ2v) is 5.14. The Morgan fingerprint density at radius 2 is 1.64 bits per heavy atom. The standard InChI is InChI=1S/C15H10BrF2NO3/c16-10-6-4-9(5-7-10)15(21)22-8-13(20)19-14-11(17)2-1-3-12(14)18/h1-7H,8H2,(H,19,20). The Bertz CT molecular complexity index is 684. The van der Waals surface area contributed by atoms with Crippen molar-refractivity contribution in [3.8, 4) is 0 Å². The fourth-order valence-corrected chi connectivity index (χ4v) is 1.86. The van der Waals surface area contributed by atoms with Gasteiger partial charge in [-0.2, -0.15) is 0 Å². The minimum atomic E-state index is -0.910. The first-order valence-corrected chi connectivity index (χ1v) is 6.93. The average molecular weight is 370 g/mol. The molecule has 2 aromatic carbocycles. The molecule has 0 aliphatic carbocycles. The lowest BCUT2D eigenvalue weighted by atomic mass is 10.2. The predicted octanol–water partition coefficient (Wildman–Crippen LogP) is 3.52. The number of esters is 1. The molecule has 0 aliphatic rings. The fourth-order valence-electron chi connectivity index (χ4n) is 1.59. The molecule has 0 heterocycles. The number of carbonyl (C=O) groups is 2. The minimum Gasteiger partial charge on any atom is -0.452 e. The van der Waals surface area contributed by atoms with Crippen LogP contribution in [0.1, 0.15) is 10.4 Å². The summed E-state index contributed by atoms with van der Waals surface area (Å²) in [5, 5.41) is 2.02. The topological polar surface area (TPSA) is 55.4 Å². The Hall–Kier alpha value is -2.28. The quantitative estimate of drug-likeness (QED) is 0.838. The number of ether oxygens (including phenoxy) is 1. The average Bonchev–Trinajstić information content (AvgIpc) is 2.49. The van der Waals surface area contributed by atoms with Crippen LogP contribution in [0, 0.1) is 11.6 Å². The van der Waals surface area contributed by atoms with E-state index in [0.29, 0.717) is 0 Å². The number of carbonyl (C=O) groups excluding carboxylic acids is 2. The molecule has 0 radical (unpaired) electrons. The highest BCUT2D eigenvalue weighted by Gasteiger charge is 2.14. The van der Waals surface area contributed by atoms with Crippen LogP contribution >= 0.6 is 15.9 Å². The first-order chi connectivity index (χ1) is 10.5. The van der Waals surface area contributed by atoms with Crippen LogP contribution in [0.15, 0.2) is 46.9 Å². The number of para-hydroxylation sites is 1. The molecule has 0 bridgehead atoms. The van der Waals surface area contributed by atoms with Crippen molar-refractivity contribution >= 4 is 33.5 Å². The van der Waals surface area contributed by atoms with Crippen molar-refractivity contribution in [2.75, 3.05) is 11.9 Å². The van der Waals surface area contributed by atoms with Crippen LogP contribution in [0.2, 0.25) is 0 Å². The van der Waals surface area contributed by atoms with Gasteiger partial charge in [0.15, 0.2) is 6.61 Å². The van der Waals surface area contributed by atoms with Crippen molar-refractivity contribution < 1.29 is 23.1 Å². The molecule has 1 N–H and O–H groups in total. The molecule has 0 aromatic heterocycles. The van der Waals surface area contributed by atoms with Gasteiger partial charge in [0.1, 0.15) is 17.3 Å². The molecule has 114 valence electrons. The third kappa shape index (κ3) is 4.11. The number of hydrogen-bond donors (Lipinski definition) is 1. The van der Waals surface area contributed by atoms with Crippen LogP contribution in [-0.4, -0.2) is 18.5 Å². The number of nitrogens with one attached hydrogen (secondary N) is 1. The van der Waals surface area contributed by atoms with E-state index in [1.807, 2.05) is 5.32 Å². The summed E-state index contributed by atoms with van der Waals surface area (Å²) in [5.41, 5.74) is -0.319. The molecule has 4 nitrogen and oxygen atoms in total. The fraction of sp³-hybridized carbons (Fsp3) is 0.0667. The van der Waals surface area contributed by atoms with E-state index in [-0.39, 0.29) is 5.56 Å². The van der Waals surface area contributed by atoms with Crippen molar-refractivity contribution in [1.82, 2.24) is 0 Å². The van der Waals surface area contributed by atoms with Gasteiger partial charge in [-0.25, -0.2) is 13.6 Å². The maximum absolute atomic E-state index is 13.3. The van der Waals surface area contributed by atoms with Gasteiger partial charge >= 0.3 is 5.97 Å². The van der Waals surface area contributed by atoms with E-state index in [0.717, 1.165) is 16.6 Å². The summed E-state index contributed by atoms with van der Waals surface area (Å²) in [5.74, 6) is -3.37. The van der Waals surface area contributed by atoms with Crippen LogP contribution in [-0.2, 0) is 9.53 Å². The number of hydrogen-bond acceptors (Lipinski definition) is 3. The van der Waals surface area contributed by atoms with Crippen molar-refractivity contribution in [1.29, 1.82) is 0 Å². The third-order valence-corrected chi connectivity index (χ3v) is 3.17. The van der Waals surface area contributed by atoms with Crippen molar-refractivity contribution in [2.45, 2.75) is 0 Å². The predicted molar refractivity (Wildman–Crippen MR) is 79.4 cm³/mol. The summed E-state index contributed by atoms with van der Waals surface area (Å²) in [6.45, 7) is -0.650. The highest BCUT2D eigenvalue weighted by Crippen LogP contribution is 2.17. The summed E-state index contributed by atoms with van der Waals surface area (Å²) in [6, 6.07) is 9.51. The molecule has 1 amide bonds. The summed E-state index contributed by atoms with van der Waals surface area (Å²) < 4.78 is 32.3. The monoisotopic (exact) mass is 369 g/mol. The van der Waals surface area contributed by atoms with Gasteiger partial charge in [-0.05, 0) is 36.4 Å². The Morgan fingerprint density at radius 3 is 2.23 bits per heavy atom. The lowest BCUT2D eigenvalue weighted by molar-refractivity contribution is -0.119. The lowest BCUT2D eigenvalue weighted by Gasteiger charge is -2.08. The molecule has 0 saturated carbocycles. The van der Waals surface area contributed by atoms with Crippen LogP contribution < -0.4 is 5.32 Å². The number of anilines is 1. The molecule has 7 heteroatoms. The zero-order valence-corrected chi connectivity index (χ0v) is 12.7. The van der Waals surface area contributed by atoms with Gasteiger partial charge in [0.05, 0.1) is 5.56 Å². The van der Waals surface area contributed by atoms with E-state index in [2.05, 4.69) is 15.9 Å². The molecule has 0 fully saturated rings. The molecule has 0 atom stereocenters. The van der Waals surface area contributed by atoms with Gasteiger partial charge in [-0.15, -0.1) is 0 Å². The molecule has 2 rings (SSSR count). The van der Waals surface area contributed by atoms with E-state index >= 15 is 0 Å². The van der Waals surface area contributed by atoms with Gasteiger partial charge in [0.25, 0.3) is 5.91 Å². The Labute approximate surface area is 133 Å². The molecule has 0 spiro atoms. The maximum Gasteiger partial charge on any atom is 0.338 e. The smallest absolute Gasteiger partial charge is 0.338 e. The van der Waals surface area contributed by atoms with E-state index < -0.39 is 35.8 Å². The molecule has 0 unspecified atom stereocenters. The molecule has 0 aliphatic heterocycles. The largest absolute Gasteiger partial charge is 0.452 e. The van der Waals surface area contributed by atoms with E-state index in [4.69, 9.17) is 4.74 Å². The highest BCUT2D eigenvalue weighted by molar-refractivity contribution is 9.10. The number of benzene rings is 2. The molecular formula is C15H10BrF2NO3. The summed E-state index contributed by atoms with van der Waals surface area (Å²) in [4.78, 5) is 23.3. The van der Waals surface area contributed by atoms with Crippen LogP contribution in [0.3, 0.4) is 0 Å². The first-order valence-electron chi connectivity index (χ1n) is 6.14. The summed E-state index contributed by atoms with van der Waals surface area (Å²) >= 11 is 3.22. The zero-order valence-electron chi connectivity index (χ0n) is 11.1. The van der Waals surface area contributed by atoms with Gasteiger partial charge < -0.3 is 10.1 Å².